The zero-order valence-electron chi connectivity index (χ0n) is 17.2. The van der Waals surface area contributed by atoms with E-state index in [-0.39, 0.29) is 10.5 Å². The van der Waals surface area contributed by atoms with Gasteiger partial charge < -0.3 is 19.4 Å². The smallest absolute Gasteiger partial charge is 0.337 e. The van der Waals surface area contributed by atoms with E-state index in [9.17, 15) is 13.2 Å². The summed E-state index contributed by atoms with van der Waals surface area (Å²) < 4.78 is 40.5. The molecule has 1 heterocycles. The van der Waals surface area contributed by atoms with Crippen LogP contribution in [0.2, 0.25) is 0 Å². The minimum absolute atomic E-state index is 0.0474. The zero-order valence-corrected chi connectivity index (χ0v) is 18.1. The number of hydrogen-bond acceptors (Lipinski definition) is 7. The number of carbonyl (C=O) groups excluding carboxylic acids is 1. The number of benzene rings is 2. The second-order valence-corrected chi connectivity index (χ2v) is 8.27. The van der Waals surface area contributed by atoms with E-state index < -0.39 is 16.0 Å². The molecule has 3 aromatic rings. The van der Waals surface area contributed by atoms with E-state index in [1.54, 1.807) is 42.9 Å². The maximum absolute atomic E-state index is 13.1. The fourth-order valence-electron chi connectivity index (χ4n) is 2.91. The summed E-state index contributed by atoms with van der Waals surface area (Å²) in [6, 6.07) is 10.9. The lowest BCUT2D eigenvalue weighted by atomic mass is 10.2. The number of carbonyl (C=O) groups is 1. The molecule has 31 heavy (non-hydrogen) atoms. The van der Waals surface area contributed by atoms with Gasteiger partial charge in [-0.05, 0) is 48.9 Å². The van der Waals surface area contributed by atoms with E-state index in [0.29, 0.717) is 23.7 Å². The Kier molecular flexibility index (Phi) is 7.14. The first kappa shape index (κ1) is 22.2. The molecule has 0 saturated carbocycles. The van der Waals surface area contributed by atoms with E-state index >= 15 is 0 Å². The number of rotatable bonds is 10. The highest BCUT2D eigenvalue weighted by atomic mass is 32.2. The molecule has 1 aromatic heterocycles. The molecule has 0 bridgehead atoms. The van der Waals surface area contributed by atoms with Crippen LogP contribution in [0.15, 0.2) is 66.1 Å². The molecule has 0 fully saturated rings. The molecule has 164 valence electrons. The first-order valence-corrected chi connectivity index (χ1v) is 11.0. The van der Waals surface area contributed by atoms with Gasteiger partial charge in [0.25, 0.3) is 10.0 Å². The Hall–Kier alpha value is -3.53. The predicted molar refractivity (Wildman–Crippen MR) is 117 cm³/mol. The van der Waals surface area contributed by atoms with Crippen LogP contribution in [0, 0.1) is 0 Å². The second-order valence-electron chi connectivity index (χ2n) is 6.62. The van der Waals surface area contributed by atoms with Crippen molar-refractivity contribution in [2.45, 2.75) is 17.9 Å². The lowest BCUT2D eigenvalue weighted by Gasteiger charge is -2.15. The number of aromatic nitrogens is 2. The number of esters is 1. The van der Waals surface area contributed by atoms with Gasteiger partial charge in [-0.2, -0.15) is 0 Å². The molecule has 0 saturated heterocycles. The van der Waals surface area contributed by atoms with Crippen molar-refractivity contribution in [2.75, 3.05) is 30.8 Å². The van der Waals surface area contributed by atoms with Crippen LogP contribution >= 0.6 is 0 Å². The standard InChI is InChI=1S/C21H24N4O5S/c1-29-18-7-5-17(6-8-18)24-31(27,28)20-14-16(21(26)30-2)4-9-19(20)23-10-3-12-25-13-11-22-15-25/h4-9,11,13-15,23-24H,3,10,12H2,1-2H3. The Morgan fingerprint density at radius 1 is 1.13 bits per heavy atom. The van der Waals surface area contributed by atoms with Crippen molar-refractivity contribution in [1.29, 1.82) is 0 Å². The third kappa shape index (κ3) is 5.76. The number of imidazole rings is 1. The first-order chi connectivity index (χ1) is 14.9. The highest BCUT2D eigenvalue weighted by Crippen LogP contribution is 2.26. The van der Waals surface area contributed by atoms with Gasteiger partial charge in [0, 0.05) is 31.2 Å². The Bertz CT molecular complexity index is 1110. The quantitative estimate of drug-likeness (QED) is 0.365. The van der Waals surface area contributed by atoms with Crippen LogP contribution in [0.1, 0.15) is 16.8 Å². The van der Waals surface area contributed by atoms with E-state index in [1.165, 1.54) is 26.4 Å². The SMILES string of the molecule is COC(=O)c1ccc(NCCCn2ccnc2)c(S(=O)(=O)Nc2ccc(OC)cc2)c1. The fraction of sp³-hybridized carbons (Fsp3) is 0.238. The van der Waals surface area contributed by atoms with Gasteiger partial charge in [-0.1, -0.05) is 0 Å². The molecule has 0 radical (unpaired) electrons. The van der Waals surface area contributed by atoms with Crippen LogP contribution in [-0.2, 0) is 21.3 Å². The number of nitrogens with one attached hydrogen (secondary N) is 2. The van der Waals surface area contributed by atoms with E-state index in [4.69, 9.17) is 9.47 Å². The molecule has 2 aromatic carbocycles. The third-order valence-corrected chi connectivity index (χ3v) is 5.92. The van der Waals surface area contributed by atoms with Gasteiger partial charge in [-0.3, -0.25) is 4.72 Å². The molecule has 3 rings (SSSR count). The highest BCUT2D eigenvalue weighted by Gasteiger charge is 2.21. The minimum atomic E-state index is -3.98. The highest BCUT2D eigenvalue weighted by molar-refractivity contribution is 7.92. The summed E-state index contributed by atoms with van der Waals surface area (Å²) in [5.74, 6) is -0.0107. The summed E-state index contributed by atoms with van der Waals surface area (Å²) in [5, 5.41) is 3.14. The second kappa shape index (κ2) is 9.98. The molecule has 0 atom stereocenters. The molecule has 10 heteroatoms. The summed E-state index contributed by atoms with van der Waals surface area (Å²) in [6.07, 6.45) is 6.04. The third-order valence-electron chi connectivity index (χ3n) is 4.50. The Morgan fingerprint density at radius 2 is 1.90 bits per heavy atom. The summed E-state index contributed by atoms with van der Waals surface area (Å²) in [4.78, 5) is 15.9. The molecule has 0 aliphatic heterocycles. The van der Waals surface area contributed by atoms with Gasteiger partial charge in [-0.25, -0.2) is 18.2 Å². The molecular formula is C21H24N4O5S. The van der Waals surface area contributed by atoms with Gasteiger partial charge in [-0.15, -0.1) is 0 Å². The fourth-order valence-corrected chi connectivity index (χ4v) is 4.18. The number of anilines is 2. The first-order valence-electron chi connectivity index (χ1n) is 9.52. The van der Waals surface area contributed by atoms with Crippen LogP contribution in [0.3, 0.4) is 0 Å². The molecule has 0 unspecified atom stereocenters. The summed E-state index contributed by atoms with van der Waals surface area (Å²) in [7, 11) is -1.21. The molecule has 0 spiro atoms. The monoisotopic (exact) mass is 444 g/mol. The number of hydrogen-bond donors (Lipinski definition) is 2. The van der Waals surface area contributed by atoms with Crippen molar-refractivity contribution in [3.05, 3.63) is 66.7 Å². The lowest BCUT2D eigenvalue weighted by Crippen LogP contribution is -2.17. The molecule has 0 aliphatic carbocycles. The Labute approximate surface area is 181 Å². The molecular weight excluding hydrogens is 420 g/mol. The van der Waals surface area contributed by atoms with Gasteiger partial charge in [0.1, 0.15) is 10.6 Å². The lowest BCUT2D eigenvalue weighted by molar-refractivity contribution is 0.0600. The average molecular weight is 445 g/mol. The van der Waals surface area contributed by atoms with Crippen LogP contribution in [0.4, 0.5) is 11.4 Å². The average Bonchev–Trinajstić information content (AvgIpc) is 3.30. The maximum Gasteiger partial charge on any atom is 0.337 e. The van der Waals surface area contributed by atoms with Crippen molar-refractivity contribution in [2.24, 2.45) is 0 Å². The van der Waals surface area contributed by atoms with Crippen LogP contribution in [0.25, 0.3) is 0 Å². The summed E-state index contributed by atoms with van der Waals surface area (Å²) in [6.45, 7) is 1.26. The normalized spacial score (nSPS) is 11.0. The van der Waals surface area contributed by atoms with Crippen LogP contribution in [0.5, 0.6) is 5.75 Å². The van der Waals surface area contributed by atoms with E-state index in [2.05, 4.69) is 15.0 Å². The molecule has 0 amide bonds. The van der Waals surface area contributed by atoms with Gasteiger partial charge in [0.2, 0.25) is 0 Å². The number of methoxy groups -OCH3 is 2. The van der Waals surface area contributed by atoms with Crippen molar-refractivity contribution < 1.29 is 22.7 Å². The van der Waals surface area contributed by atoms with Crippen molar-refractivity contribution in [1.82, 2.24) is 9.55 Å². The van der Waals surface area contributed by atoms with Crippen molar-refractivity contribution in [3.63, 3.8) is 0 Å². The van der Waals surface area contributed by atoms with Gasteiger partial charge in [0.15, 0.2) is 0 Å². The zero-order chi connectivity index (χ0) is 22.3. The largest absolute Gasteiger partial charge is 0.497 e. The van der Waals surface area contributed by atoms with Crippen molar-refractivity contribution >= 4 is 27.4 Å². The maximum atomic E-state index is 13.1. The molecule has 2 N–H and O–H groups in total. The van der Waals surface area contributed by atoms with Crippen molar-refractivity contribution in [3.8, 4) is 5.75 Å². The molecule has 9 nitrogen and oxygen atoms in total. The molecule has 0 aliphatic rings. The summed E-state index contributed by atoms with van der Waals surface area (Å²) in [5.41, 5.74) is 0.899. The van der Waals surface area contributed by atoms with Gasteiger partial charge >= 0.3 is 5.97 Å². The van der Waals surface area contributed by atoms with Gasteiger partial charge in [0.05, 0.1) is 31.8 Å². The number of nitrogens with zero attached hydrogens (tertiary/aromatic N) is 2. The van der Waals surface area contributed by atoms with E-state index in [1.807, 2.05) is 10.8 Å². The van der Waals surface area contributed by atoms with Crippen LogP contribution in [-0.4, -0.2) is 44.7 Å². The van der Waals surface area contributed by atoms with Crippen LogP contribution < -0.4 is 14.8 Å². The van der Waals surface area contributed by atoms with E-state index in [0.717, 1.165) is 13.0 Å². The summed E-state index contributed by atoms with van der Waals surface area (Å²) >= 11 is 0. The Morgan fingerprint density at radius 3 is 2.55 bits per heavy atom. The minimum Gasteiger partial charge on any atom is -0.497 e. The predicted octanol–water partition coefficient (Wildman–Crippen LogP) is 2.98. The topological polar surface area (TPSA) is 112 Å². The number of aryl methyl sites for hydroxylation is 1. The Balaban J connectivity index is 1.81. The number of ether oxygens (including phenoxy) is 2. The number of sulfonamides is 1.